The Morgan fingerprint density at radius 1 is 1.03 bits per heavy atom. The van der Waals surface area contributed by atoms with E-state index in [9.17, 15) is 28.2 Å². The summed E-state index contributed by atoms with van der Waals surface area (Å²) in [6, 6.07) is 3.21. The number of aromatic hydroxyl groups is 1. The molecule has 4 saturated carbocycles. The van der Waals surface area contributed by atoms with E-state index in [1.165, 1.54) is 31.4 Å². The molecule has 4 aliphatic carbocycles. The lowest BCUT2D eigenvalue weighted by Crippen LogP contribution is -2.65. The molecule has 1 aromatic rings. The van der Waals surface area contributed by atoms with Crippen molar-refractivity contribution >= 4 is 22.1 Å². The molecule has 10 nitrogen and oxygen atoms in total. The number of aliphatic carboxylic acids is 1. The van der Waals surface area contributed by atoms with Crippen molar-refractivity contribution in [3.8, 4) is 5.75 Å². The third-order valence-electron chi connectivity index (χ3n) is 8.22. The number of nitrogens with two attached hydrogens (primary N) is 2. The average molecular weight is 523 g/mol. The van der Waals surface area contributed by atoms with E-state index >= 15 is 0 Å². The van der Waals surface area contributed by atoms with Gasteiger partial charge in [0.05, 0.1) is 0 Å². The van der Waals surface area contributed by atoms with Crippen LogP contribution < -0.4 is 16.2 Å². The van der Waals surface area contributed by atoms with Crippen LogP contribution in [0.2, 0.25) is 0 Å². The molecule has 4 aliphatic rings. The summed E-state index contributed by atoms with van der Waals surface area (Å²) < 4.78 is 26.4. The number of hydrogen-bond acceptors (Lipinski definition) is 6. The molecular weight excluding hydrogens is 484 g/mol. The van der Waals surface area contributed by atoms with E-state index in [1.54, 1.807) is 12.1 Å². The number of phenolic OH excluding ortho intramolecular Hbond substituents is 1. The number of nitrogens with one attached hydrogen (secondary N) is 1. The molecule has 7 N–H and O–H groups in total. The van der Waals surface area contributed by atoms with Gasteiger partial charge in [0.1, 0.15) is 17.8 Å². The van der Waals surface area contributed by atoms with Gasteiger partial charge in [-0.05, 0) is 106 Å². The van der Waals surface area contributed by atoms with Crippen LogP contribution in [-0.2, 0) is 26.2 Å². The van der Waals surface area contributed by atoms with Crippen LogP contribution in [0.3, 0.4) is 0 Å². The summed E-state index contributed by atoms with van der Waals surface area (Å²) >= 11 is 0. The Labute approximate surface area is 212 Å². The molecule has 11 heteroatoms. The second-order valence-corrected chi connectivity index (χ2v) is 12.5. The monoisotopic (exact) mass is 522 g/mol. The lowest BCUT2D eigenvalue weighted by molar-refractivity contribution is -0.143. The van der Waals surface area contributed by atoms with Gasteiger partial charge in [-0.25, -0.2) is 5.14 Å². The summed E-state index contributed by atoms with van der Waals surface area (Å²) in [4.78, 5) is 26.2. The van der Waals surface area contributed by atoms with Gasteiger partial charge in [0.25, 0.3) is 10.2 Å². The molecule has 4 fully saturated rings. The first-order chi connectivity index (χ1) is 17.0. The first-order valence-corrected chi connectivity index (χ1v) is 14.3. The molecule has 0 unspecified atom stereocenters. The van der Waals surface area contributed by atoms with Gasteiger partial charge in [-0.2, -0.15) is 12.7 Å². The highest BCUT2D eigenvalue weighted by Crippen LogP contribution is 2.55. The number of amides is 1. The minimum Gasteiger partial charge on any atom is -0.508 e. The lowest BCUT2D eigenvalue weighted by atomic mass is 9.53. The van der Waals surface area contributed by atoms with Gasteiger partial charge < -0.3 is 21.3 Å². The third-order valence-corrected chi connectivity index (χ3v) is 9.32. The van der Waals surface area contributed by atoms with Crippen molar-refractivity contribution in [3.63, 3.8) is 0 Å². The highest BCUT2D eigenvalue weighted by molar-refractivity contribution is 7.86. The number of phenols is 1. The minimum atomic E-state index is -4.57. The average Bonchev–Trinajstić information content (AvgIpc) is 2.76. The maximum absolute atomic E-state index is 13.9. The summed E-state index contributed by atoms with van der Waals surface area (Å²) in [6.45, 7) is 0.338. The second kappa shape index (κ2) is 10.6. The van der Waals surface area contributed by atoms with E-state index < -0.39 is 34.2 Å². The second-order valence-electron chi connectivity index (χ2n) is 11.1. The fraction of sp³-hybridized carbons (Fsp3) is 0.680. The summed E-state index contributed by atoms with van der Waals surface area (Å²) in [7, 11) is -4.57. The van der Waals surface area contributed by atoms with Crippen LogP contribution in [0.15, 0.2) is 24.3 Å². The Balaban J connectivity index is 1.67. The largest absolute Gasteiger partial charge is 0.508 e. The molecule has 0 aromatic heterocycles. The number of carbonyl (C=O) groups is 2. The molecule has 0 heterocycles. The van der Waals surface area contributed by atoms with Crippen molar-refractivity contribution in [2.45, 2.75) is 81.8 Å². The van der Waals surface area contributed by atoms with E-state index in [4.69, 9.17) is 10.9 Å². The minimum absolute atomic E-state index is 0.0142. The first kappa shape index (κ1) is 26.8. The van der Waals surface area contributed by atoms with Crippen LogP contribution in [0.5, 0.6) is 5.75 Å². The highest BCUT2D eigenvalue weighted by Gasteiger charge is 2.53. The third kappa shape index (κ3) is 6.01. The Hall–Kier alpha value is -2.21. The van der Waals surface area contributed by atoms with Crippen molar-refractivity contribution in [1.82, 2.24) is 9.62 Å². The van der Waals surface area contributed by atoms with Gasteiger partial charge in [0, 0.05) is 5.54 Å². The van der Waals surface area contributed by atoms with Crippen molar-refractivity contribution in [2.75, 3.05) is 6.54 Å². The standard InChI is InChI=1S/C25H38N4O6S/c26-8-2-1-3-21(24(32)33)29(36(27,34)35)22(12-16-4-6-20(30)7-5-16)23(31)28-25-13-17-9-18(14-25)11-19(10-17)15-25/h4-7,17-19,21-22,30H,1-3,8-15,26H2,(H,28,31)(H,32,33)(H2,27,34,35)/t17?,18?,19?,21-,22-,25?/m0/s1. The Bertz CT molecular complexity index is 1030. The van der Waals surface area contributed by atoms with Gasteiger partial charge in [-0.15, -0.1) is 0 Å². The molecule has 1 aromatic carbocycles. The predicted octanol–water partition coefficient (Wildman–Crippen LogP) is 1.48. The molecule has 36 heavy (non-hydrogen) atoms. The maximum atomic E-state index is 13.9. The normalized spacial score (nSPS) is 28.7. The quantitative estimate of drug-likeness (QED) is 0.258. The zero-order valence-electron chi connectivity index (χ0n) is 20.5. The van der Waals surface area contributed by atoms with Crippen molar-refractivity contribution in [1.29, 1.82) is 0 Å². The Morgan fingerprint density at radius 2 is 1.58 bits per heavy atom. The molecular formula is C25H38N4O6S. The van der Waals surface area contributed by atoms with Crippen LogP contribution in [0.4, 0.5) is 0 Å². The fourth-order valence-corrected chi connectivity index (χ4v) is 8.25. The van der Waals surface area contributed by atoms with E-state index in [0.29, 0.717) is 47.0 Å². The Morgan fingerprint density at radius 3 is 2.06 bits per heavy atom. The topological polar surface area (TPSA) is 176 Å². The molecule has 0 saturated heterocycles. The zero-order chi connectivity index (χ0) is 26.1. The van der Waals surface area contributed by atoms with Crippen LogP contribution in [0.1, 0.15) is 63.4 Å². The summed E-state index contributed by atoms with van der Waals surface area (Å²) in [5.41, 5.74) is 5.75. The van der Waals surface area contributed by atoms with E-state index in [-0.39, 0.29) is 24.1 Å². The zero-order valence-corrected chi connectivity index (χ0v) is 21.3. The number of benzene rings is 1. The summed E-state index contributed by atoms with van der Waals surface area (Å²) in [5.74, 6) is -0.177. The summed E-state index contributed by atoms with van der Waals surface area (Å²) in [6.07, 6.45) is 6.94. The lowest BCUT2D eigenvalue weighted by Gasteiger charge is -2.57. The Kier molecular flexibility index (Phi) is 7.94. The van der Waals surface area contributed by atoms with Crippen LogP contribution in [0.25, 0.3) is 0 Å². The molecule has 1 amide bonds. The van der Waals surface area contributed by atoms with Crippen molar-refractivity contribution < 1.29 is 28.2 Å². The van der Waals surface area contributed by atoms with Crippen molar-refractivity contribution in [2.24, 2.45) is 28.6 Å². The van der Waals surface area contributed by atoms with Gasteiger partial charge in [-0.3, -0.25) is 9.59 Å². The van der Waals surface area contributed by atoms with Crippen LogP contribution in [-0.4, -0.2) is 59.0 Å². The predicted molar refractivity (Wildman–Crippen MR) is 134 cm³/mol. The van der Waals surface area contributed by atoms with Gasteiger partial charge in [-0.1, -0.05) is 12.1 Å². The van der Waals surface area contributed by atoms with E-state index in [1.807, 2.05) is 0 Å². The van der Waals surface area contributed by atoms with E-state index in [0.717, 1.165) is 19.3 Å². The van der Waals surface area contributed by atoms with E-state index in [2.05, 4.69) is 5.32 Å². The molecule has 200 valence electrons. The number of nitrogens with zero attached hydrogens (tertiary/aromatic N) is 1. The molecule has 5 rings (SSSR count). The van der Waals surface area contributed by atoms with Gasteiger partial charge in [0.2, 0.25) is 5.91 Å². The van der Waals surface area contributed by atoms with Gasteiger partial charge in [0.15, 0.2) is 0 Å². The maximum Gasteiger partial charge on any atom is 0.322 e. The molecule has 0 spiro atoms. The summed E-state index contributed by atoms with van der Waals surface area (Å²) in [5, 5.41) is 28.5. The number of rotatable bonds is 12. The van der Waals surface area contributed by atoms with Crippen LogP contribution in [0, 0.1) is 17.8 Å². The number of hydrogen-bond donors (Lipinski definition) is 5. The molecule has 0 aliphatic heterocycles. The number of carbonyl (C=O) groups excluding carboxylic acids is 1. The SMILES string of the molecule is NCCCC[C@@H](C(=O)O)N([C@@H](Cc1ccc(O)cc1)C(=O)NC12CC3CC(CC(C3)C1)C2)S(N)(=O)=O. The smallest absolute Gasteiger partial charge is 0.322 e. The van der Waals surface area contributed by atoms with Crippen LogP contribution >= 0.6 is 0 Å². The first-order valence-electron chi connectivity index (χ1n) is 12.8. The molecule has 2 atom stereocenters. The molecule has 0 radical (unpaired) electrons. The number of carboxylic acids is 1. The molecule has 4 bridgehead atoms. The fourth-order valence-electron chi connectivity index (χ4n) is 7.18. The highest BCUT2D eigenvalue weighted by atomic mass is 32.2. The van der Waals surface area contributed by atoms with Crippen molar-refractivity contribution in [3.05, 3.63) is 29.8 Å². The van der Waals surface area contributed by atoms with Gasteiger partial charge >= 0.3 is 5.97 Å². The number of carboxylic acid groups (broad SMARTS) is 1. The number of unbranched alkanes of at least 4 members (excludes halogenated alkanes) is 1.